The Bertz CT molecular complexity index is 1070. The van der Waals surface area contributed by atoms with E-state index in [1.54, 1.807) is 43.3 Å². The molecular formula is C25H34FN3O4S. The Morgan fingerprint density at radius 1 is 1.00 bits per heavy atom. The lowest BCUT2D eigenvalue weighted by atomic mass is 10.1. The number of sulfonamides is 1. The topological polar surface area (TPSA) is 86.8 Å². The molecule has 0 saturated heterocycles. The Morgan fingerprint density at radius 2 is 1.59 bits per heavy atom. The molecule has 9 heteroatoms. The highest BCUT2D eigenvalue weighted by Gasteiger charge is 2.32. The minimum Gasteiger partial charge on any atom is -0.352 e. The van der Waals surface area contributed by atoms with Crippen LogP contribution in [0.3, 0.4) is 0 Å². The van der Waals surface area contributed by atoms with Gasteiger partial charge in [-0.25, -0.2) is 12.8 Å². The zero-order valence-corrected chi connectivity index (χ0v) is 21.2. The van der Waals surface area contributed by atoms with Crippen molar-refractivity contribution in [2.24, 2.45) is 0 Å². The molecule has 1 N–H and O–H groups in total. The standard InChI is InChI=1S/C25H34FN3O4S/c1-6-19(4)27-25(31)23(7-2)28(16-20-10-12-21(26)13-11-20)24(30)17-29(34(5,32)33)22-14-8-18(3)9-15-22/h8-15,19,23H,6-7,16-17H2,1-5H3,(H,27,31). The van der Waals surface area contributed by atoms with Gasteiger partial charge in [0.15, 0.2) is 0 Å². The van der Waals surface area contributed by atoms with Crippen LogP contribution in [0.5, 0.6) is 0 Å². The normalized spacial score (nSPS) is 13.1. The summed E-state index contributed by atoms with van der Waals surface area (Å²) >= 11 is 0. The molecule has 0 aromatic heterocycles. The van der Waals surface area contributed by atoms with E-state index >= 15 is 0 Å². The molecule has 186 valence electrons. The summed E-state index contributed by atoms with van der Waals surface area (Å²) < 4.78 is 39.6. The molecule has 7 nitrogen and oxygen atoms in total. The molecule has 2 aromatic rings. The average Bonchev–Trinajstić information content (AvgIpc) is 2.78. The van der Waals surface area contributed by atoms with Crippen molar-refractivity contribution >= 4 is 27.5 Å². The van der Waals surface area contributed by atoms with Gasteiger partial charge >= 0.3 is 0 Å². The molecule has 0 aliphatic heterocycles. The van der Waals surface area contributed by atoms with Gasteiger partial charge < -0.3 is 10.2 Å². The number of halogens is 1. The van der Waals surface area contributed by atoms with Crippen molar-refractivity contribution in [1.29, 1.82) is 0 Å². The maximum absolute atomic E-state index is 13.5. The van der Waals surface area contributed by atoms with Crippen molar-refractivity contribution < 1.29 is 22.4 Å². The lowest BCUT2D eigenvalue weighted by molar-refractivity contribution is -0.140. The zero-order valence-electron chi connectivity index (χ0n) is 20.4. The van der Waals surface area contributed by atoms with Crippen LogP contribution in [0.15, 0.2) is 48.5 Å². The van der Waals surface area contributed by atoms with Crippen LogP contribution in [0.4, 0.5) is 10.1 Å². The van der Waals surface area contributed by atoms with Gasteiger partial charge in [0.05, 0.1) is 11.9 Å². The number of amides is 2. The largest absolute Gasteiger partial charge is 0.352 e. The van der Waals surface area contributed by atoms with E-state index in [9.17, 15) is 22.4 Å². The van der Waals surface area contributed by atoms with Crippen molar-refractivity contribution in [3.8, 4) is 0 Å². The fraction of sp³-hybridized carbons (Fsp3) is 0.440. The number of nitrogens with one attached hydrogen (secondary N) is 1. The predicted molar refractivity (Wildman–Crippen MR) is 132 cm³/mol. The monoisotopic (exact) mass is 491 g/mol. The van der Waals surface area contributed by atoms with E-state index in [4.69, 9.17) is 0 Å². The maximum atomic E-state index is 13.5. The smallest absolute Gasteiger partial charge is 0.244 e. The van der Waals surface area contributed by atoms with E-state index in [1.165, 1.54) is 17.0 Å². The number of hydrogen-bond acceptors (Lipinski definition) is 4. The van der Waals surface area contributed by atoms with E-state index < -0.39 is 34.3 Å². The fourth-order valence-electron chi connectivity index (χ4n) is 3.47. The number of hydrogen-bond donors (Lipinski definition) is 1. The Morgan fingerprint density at radius 3 is 2.09 bits per heavy atom. The summed E-state index contributed by atoms with van der Waals surface area (Å²) in [6.07, 6.45) is 2.10. The van der Waals surface area contributed by atoms with E-state index in [-0.39, 0.29) is 18.5 Å². The predicted octanol–water partition coefficient (Wildman–Crippen LogP) is 3.62. The number of carbonyl (C=O) groups is 2. The van der Waals surface area contributed by atoms with Gasteiger partial charge in [-0.3, -0.25) is 13.9 Å². The number of nitrogens with zero attached hydrogens (tertiary/aromatic N) is 2. The molecule has 0 bridgehead atoms. The first kappa shape index (κ1) is 27.3. The van der Waals surface area contributed by atoms with Crippen LogP contribution in [0, 0.1) is 12.7 Å². The summed E-state index contributed by atoms with van der Waals surface area (Å²) in [5, 5.41) is 2.91. The van der Waals surface area contributed by atoms with Gasteiger partial charge in [0.25, 0.3) is 0 Å². The Labute approximate surface area is 202 Å². The highest BCUT2D eigenvalue weighted by atomic mass is 32.2. The molecule has 0 radical (unpaired) electrons. The molecule has 2 aromatic carbocycles. The molecule has 0 spiro atoms. The van der Waals surface area contributed by atoms with Crippen LogP contribution in [0.25, 0.3) is 0 Å². The molecule has 2 rings (SSSR count). The van der Waals surface area contributed by atoms with Gasteiger partial charge in [-0.15, -0.1) is 0 Å². The molecule has 0 saturated carbocycles. The summed E-state index contributed by atoms with van der Waals surface area (Å²) in [6.45, 7) is 7.07. The van der Waals surface area contributed by atoms with Gasteiger partial charge in [-0.05, 0) is 56.5 Å². The van der Waals surface area contributed by atoms with Crippen molar-refractivity contribution in [2.45, 2.75) is 59.2 Å². The fourth-order valence-corrected chi connectivity index (χ4v) is 4.32. The lowest BCUT2D eigenvalue weighted by Crippen LogP contribution is -2.53. The van der Waals surface area contributed by atoms with E-state index in [2.05, 4.69) is 5.32 Å². The van der Waals surface area contributed by atoms with Crippen LogP contribution in [-0.4, -0.2) is 50.0 Å². The zero-order chi connectivity index (χ0) is 25.5. The Hall–Kier alpha value is -2.94. The van der Waals surface area contributed by atoms with Crippen molar-refractivity contribution in [3.63, 3.8) is 0 Å². The molecule has 2 atom stereocenters. The molecule has 0 heterocycles. The highest BCUT2D eigenvalue weighted by molar-refractivity contribution is 7.92. The number of benzene rings is 2. The SMILES string of the molecule is CCC(C)NC(=O)C(CC)N(Cc1ccc(F)cc1)C(=O)CN(c1ccc(C)cc1)S(C)(=O)=O. The minimum absolute atomic E-state index is 0.0387. The van der Waals surface area contributed by atoms with Gasteiger partial charge in [-0.1, -0.05) is 43.7 Å². The number of anilines is 1. The van der Waals surface area contributed by atoms with Gasteiger partial charge in [0.2, 0.25) is 21.8 Å². The third-order valence-electron chi connectivity index (χ3n) is 5.65. The molecule has 0 aliphatic carbocycles. The first-order valence-corrected chi connectivity index (χ1v) is 13.2. The Balaban J connectivity index is 2.41. The van der Waals surface area contributed by atoms with Crippen molar-refractivity contribution in [3.05, 3.63) is 65.5 Å². The van der Waals surface area contributed by atoms with Crippen molar-refractivity contribution in [1.82, 2.24) is 10.2 Å². The highest BCUT2D eigenvalue weighted by Crippen LogP contribution is 2.20. The van der Waals surface area contributed by atoms with E-state index in [1.807, 2.05) is 20.8 Å². The van der Waals surface area contributed by atoms with Crippen LogP contribution in [0.2, 0.25) is 0 Å². The molecule has 0 fully saturated rings. The van der Waals surface area contributed by atoms with Gasteiger partial charge in [0, 0.05) is 12.6 Å². The molecule has 2 amide bonds. The van der Waals surface area contributed by atoms with E-state index in [0.29, 0.717) is 17.7 Å². The number of aryl methyl sites for hydroxylation is 1. The third-order valence-corrected chi connectivity index (χ3v) is 6.79. The van der Waals surface area contributed by atoms with Crippen LogP contribution in [0.1, 0.15) is 44.7 Å². The molecule has 0 aliphatic rings. The third kappa shape index (κ3) is 7.55. The summed E-state index contributed by atoms with van der Waals surface area (Å²) in [5.74, 6) is -1.25. The number of carbonyl (C=O) groups excluding carboxylic acids is 2. The average molecular weight is 492 g/mol. The van der Waals surface area contributed by atoms with Gasteiger partial charge in [0.1, 0.15) is 18.4 Å². The van der Waals surface area contributed by atoms with Crippen LogP contribution < -0.4 is 9.62 Å². The number of rotatable bonds is 11. The summed E-state index contributed by atoms with van der Waals surface area (Å²) in [7, 11) is -3.78. The van der Waals surface area contributed by atoms with Crippen molar-refractivity contribution in [2.75, 3.05) is 17.1 Å². The second-order valence-corrected chi connectivity index (χ2v) is 10.4. The second-order valence-electron chi connectivity index (χ2n) is 8.50. The van der Waals surface area contributed by atoms with Crippen LogP contribution in [-0.2, 0) is 26.2 Å². The minimum atomic E-state index is -3.78. The lowest BCUT2D eigenvalue weighted by Gasteiger charge is -2.33. The Kier molecular flexibility index (Phi) is 9.61. The molecule has 34 heavy (non-hydrogen) atoms. The second kappa shape index (κ2) is 12.0. The first-order valence-electron chi connectivity index (χ1n) is 11.3. The quantitative estimate of drug-likeness (QED) is 0.520. The first-order chi connectivity index (χ1) is 16.0. The molecular weight excluding hydrogens is 457 g/mol. The summed E-state index contributed by atoms with van der Waals surface area (Å²) in [5.41, 5.74) is 1.94. The van der Waals surface area contributed by atoms with Crippen LogP contribution >= 0.6 is 0 Å². The summed E-state index contributed by atoms with van der Waals surface area (Å²) in [6, 6.07) is 11.6. The molecule has 2 unspecified atom stereocenters. The van der Waals surface area contributed by atoms with Gasteiger partial charge in [-0.2, -0.15) is 0 Å². The maximum Gasteiger partial charge on any atom is 0.244 e. The van der Waals surface area contributed by atoms with E-state index in [0.717, 1.165) is 22.5 Å². The summed E-state index contributed by atoms with van der Waals surface area (Å²) in [4.78, 5) is 27.9.